The van der Waals surface area contributed by atoms with Gasteiger partial charge in [-0.15, -0.1) is 0 Å². The normalized spacial score (nSPS) is 39.0. The zero-order valence-corrected chi connectivity index (χ0v) is 7.92. The van der Waals surface area contributed by atoms with Crippen LogP contribution in [0.4, 0.5) is 0 Å². The highest BCUT2D eigenvalue weighted by Gasteiger charge is 2.51. The molecule has 0 aromatic rings. The molecule has 0 amide bonds. The summed E-state index contributed by atoms with van der Waals surface area (Å²) in [6, 6.07) is 2.28. The van der Waals surface area contributed by atoms with Gasteiger partial charge in [0.05, 0.1) is 12.0 Å². The van der Waals surface area contributed by atoms with Crippen LogP contribution in [-0.2, 0) is 4.79 Å². The Bertz CT molecular complexity index is 239. The van der Waals surface area contributed by atoms with E-state index < -0.39 is 0 Å². The molecule has 0 bridgehead atoms. The molecule has 0 N–H and O–H groups in total. The lowest BCUT2D eigenvalue weighted by Gasteiger charge is -2.35. The van der Waals surface area contributed by atoms with E-state index in [2.05, 4.69) is 6.07 Å². The predicted octanol–water partition coefficient (Wildman–Crippen LogP) is 2.15. The van der Waals surface area contributed by atoms with Gasteiger partial charge in [-0.3, -0.25) is 0 Å². The molecule has 1 rings (SSSR count). The molecular weight excluding hydrogens is 150 g/mol. The van der Waals surface area contributed by atoms with Gasteiger partial charge in [-0.25, -0.2) is 0 Å². The first-order valence-electron chi connectivity index (χ1n) is 4.34. The molecule has 0 aromatic heterocycles. The first-order valence-corrected chi connectivity index (χ1v) is 4.34. The highest BCUT2D eigenvalue weighted by Crippen LogP contribution is 2.54. The molecule has 0 radical (unpaired) electrons. The minimum Gasteiger partial charge on any atom is -0.303 e. The van der Waals surface area contributed by atoms with Crippen molar-refractivity contribution in [1.82, 2.24) is 0 Å². The number of rotatable bonds is 1. The monoisotopic (exact) mass is 165 g/mol. The van der Waals surface area contributed by atoms with Crippen LogP contribution in [0.2, 0.25) is 0 Å². The van der Waals surface area contributed by atoms with E-state index in [9.17, 15) is 4.79 Å². The molecule has 0 saturated heterocycles. The van der Waals surface area contributed by atoms with E-state index in [1.807, 2.05) is 20.8 Å². The van der Waals surface area contributed by atoms with Crippen molar-refractivity contribution in [3.8, 4) is 6.07 Å². The van der Waals surface area contributed by atoms with Crippen LogP contribution < -0.4 is 0 Å². The van der Waals surface area contributed by atoms with Gasteiger partial charge in [0.15, 0.2) is 0 Å². The molecule has 0 spiro atoms. The van der Waals surface area contributed by atoms with E-state index in [1.54, 1.807) is 0 Å². The van der Waals surface area contributed by atoms with Crippen molar-refractivity contribution >= 4 is 6.29 Å². The summed E-state index contributed by atoms with van der Waals surface area (Å²) >= 11 is 0. The van der Waals surface area contributed by atoms with Crippen LogP contribution in [0.3, 0.4) is 0 Å². The second-order valence-electron chi connectivity index (χ2n) is 4.48. The molecule has 1 fully saturated rings. The topological polar surface area (TPSA) is 40.9 Å². The number of carbonyl (C=O) groups excluding carboxylic acids is 1. The number of nitriles is 1. The fourth-order valence-electron chi connectivity index (χ4n) is 1.96. The number of hydrogen-bond acceptors (Lipinski definition) is 2. The van der Waals surface area contributed by atoms with Gasteiger partial charge in [0.25, 0.3) is 0 Å². The summed E-state index contributed by atoms with van der Waals surface area (Å²) in [5.41, 5.74) is -0.461. The number of aldehydes is 1. The van der Waals surface area contributed by atoms with E-state index in [0.717, 1.165) is 19.1 Å². The fourth-order valence-corrected chi connectivity index (χ4v) is 1.96. The maximum Gasteiger partial charge on any atom is 0.126 e. The van der Waals surface area contributed by atoms with Crippen LogP contribution in [0.15, 0.2) is 0 Å². The Morgan fingerprint density at radius 1 is 1.50 bits per heavy atom. The van der Waals surface area contributed by atoms with Crippen LogP contribution in [-0.4, -0.2) is 6.29 Å². The Kier molecular flexibility index (Phi) is 1.99. The lowest BCUT2D eigenvalue weighted by atomic mass is 9.67. The highest BCUT2D eigenvalue weighted by molar-refractivity contribution is 5.61. The summed E-state index contributed by atoms with van der Waals surface area (Å²) < 4.78 is 0. The fraction of sp³-hybridized carbons (Fsp3) is 0.800. The Labute approximate surface area is 73.6 Å². The summed E-state index contributed by atoms with van der Waals surface area (Å²) in [6.45, 7) is 5.99. The van der Waals surface area contributed by atoms with E-state index in [4.69, 9.17) is 5.26 Å². The summed E-state index contributed by atoms with van der Waals surface area (Å²) in [5.74, 6) is 0.0349. The van der Waals surface area contributed by atoms with Gasteiger partial charge in [-0.05, 0) is 18.3 Å². The lowest BCUT2D eigenvalue weighted by molar-refractivity contribution is -0.120. The minimum absolute atomic E-state index is 0.0349. The first kappa shape index (κ1) is 9.25. The molecule has 1 saturated carbocycles. The zero-order chi connectivity index (χ0) is 9.41. The van der Waals surface area contributed by atoms with Gasteiger partial charge in [0, 0.05) is 5.41 Å². The lowest BCUT2D eigenvalue weighted by Crippen LogP contribution is -2.34. The molecule has 0 aromatic carbocycles. The smallest absolute Gasteiger partial charge is 0.126 e. The van der Waals surface area contributed by atoms with Crippen LogP contribution >= 0.6 is 0 Å². The SMILES string of the molecule is CC1(C)C(C#N)CC[C@@]1(C)C=O. The summed E-state index contributed by atoms with van der Waals surface area (Å²) in [5, 5.41) is 8.86. The Balaban J connectivity index is 3.01. The minimum atomic E-state index is -0.298. The third kappa shape index (κ3) is 0.964. The van der Waals surface area contributed by atoms with Crippen molar-refractivity contribution in [1.29, 1.82) is 5.26 Å². The average molecular weight is 165 g/mol. The summed E-state index contributed by atoms with van der Waals surface area (Å²) in [7, 11) is 0. The third-order valence-electron chi connectivity index (χ3n) is 3.71. The van der Waals surface area contributed by atoms with Gasteiger partial charge in [-0.2, -0.15) is 5.26 Å². The molecule has 2 atom stereocenters. The standard InChI is InChI=1S/C10H15NO/c1-9(2)8(6-11)4-5-10(9,3)7-12/h7-8H,4-5H2,1-3H3/t8?,10-/m0/s1. The van der Waals surface area contributed by atoms with Gasteiger partial charge < -0.3 is 4.79 Å². The maximum atomic E-state index is 10.9. The van der Waals surface area contributed by atoms with Crippen LogP contribution in [0.25, 0.3) is 0 Å². The zero-order valence-electron chi connectivity index (χ0n) is 7.92. The van der Waals surface area contributed by atoms with Crippen LogP contribution in [0.1, 0.15) is 33.6 Å². The maximum absolute atomic E-state index is 10.9. The van der Waals surface area contributed by atoms with Crippen molar-refractivity contribution in [2.24, 2.45) is 16.7 Å². The molecule has 0 aliphatic heterocycles. The molecule has 2 heteroatoms. The van der Waals surface area contributed by atoms with Gasteiger partial charge in [0.1, 0.15) is 6.29 Å². The van der Waals surface area contributed by atoms with Crippen molar-refractivity contribution in [3.05, 3.63) is 0 Å². The van der Waals surface area contributed by atoms with Crippen molar-refractivity contribution in [2.45, 2.75) is 33.6 Å². The molecule has 1 aliphatic rings. The average Bonchev–Trinajstić information content (AvgIpc) is 2.25. The van der Waals surface area contributed by atoms with E-state index in [-0.39, 0.29) is 16.7 Å². The predicted molar refractivity (Wildman–Crippen MR) is 46.3 cm³/mol. The second-order valence-corrected chi connectivity index (χ2v) is 4.48. The summed E-state index contributed by atoms with van der Waals surface area (Å²) in [6.07, 6.45) is 2.73. The molecule has 1 aliphatic carbocycles. The largest absolute Gasteiger partial charge is 0.303 e. The third-order valence-corrected chi connectivity index (χ3v) is 3.71. The molecule has 2 nitrogen and oxygen atoms in total. The molecular formula is C10H15NO. The van der Waals surface area contributed by atoms with E-state index in [0.29, 0.717) is 0 Å². The number of nitrogens with zero attached hydrogens (tertiary/aromatic N) is 1. The van der Waals surface area contributed by atoms with Crippen molar-refractivity contribution in [2.75, 3.05) is 0 Å². The molecule has 0 heterocycles. The Morgan fingerprint density at radius 2 is 2.08 bits per heavy atom. The molecule has 12 heavy (non-hydrogen) atoms. The second kappa shape index (κ2) is 2.58. The van der Waals surface area contributed by atoms with Crippen molar-refractivity contribution < 1.29 is 4.79 Å². The number of hydrogen-bond donors (Lipinski definition) is 0. The van der Waals surface area contributed by atoms with Gasteiger partial charge in [-0.1, -0.05) is 20.8 Å². The molecule has 66 valence electrons. The Morgan fingerprint density at radius 3 is 2.33 bits per heavy atom. The van der Waals surface area contributed by atoms with E-state index >= 15 is 0 Å². The van der Waals surface area contributed by atoms with Gasteiger partial charge in [0.2, 0.25) is 0 Å². The van der Waals surface area contributed by atoms with Gasteiger partial charge >= 0.3 is 0 Å². The van der Waals surface area contributed by atoms with Crippen LogP contribution in [0, 0.1) is 28.1 Å². The molecule has 1 unspecified atom stereocenters. The number of carbonyl (C=O) groups is 1. The highest BCUT2D eigenvalue weighted by atomic mass is 16.1. The van der Waals surface area contributed by atoms with Crippen LogP contribution in [0.5, 0.6) is 0 Å². The Hall–Kier alpha value is -0.840. The summed E-state index contributed by atoms with van der Waals surface area (Å²) in [4.78, 5) is 10.9. The van der Waals surface area contributed by atoms with E-state index in [1.165, 1.54) is 0 Å². The van der Waals surface area contributed by atoms with Crippen molar-refractivity contribution in [3.63, 3.8) is 0 Å². The quantitative estimate of drug-likeness (QED) is 0.558. The first-order chi connectivity index (χ1) is 5.48.